The van der Waals surface area contributed by atoms with Crippen molar-refractivity contribution >= 4 is 16.9 Å². The largest absolute Gasteiger partial charge is 0.459 e. The molecular formula is C16H21N3O2. The molecule has 2 aromatic rings. The van der Waals surface area contributed by atoms with Gasteiger partial charge in [-0.2, -0.15) is 0 Å². The molecule has 1 unspecified atom stereocenters. The summed E-state index contributed by atoms with van der Waals surface area (Å²) in [5.41, 5.74) is 3.49. The number of fused-ring (bicyclic) bond motifs is 1. The maximum atomic E-state index is 12.1. The second-order valence-electron chi connectivity index (χ2n) is 5.86. The molecule has 3 rings (SSSR count). The van der Waals surface area contributed by atoms with Gasteiger partial charge in [-0.1, -0.05) is 18.2 Å². The molecule has 1 amide bonds. The number of rotatable bonds is 5. The number of benzene rings is 1. The summed E-state index contributed by atoms with van der Waals surface area (Å²) in [5.74, 6) is 6.46. The fraction of sp³-hybridized carbons (Fsp3) is 0.438. The molecule has 1 aromatic carbocycles. The number of carbonyl (C=O) groups excluding carboxylic acids is 1. The molecule has 1 aromatic heterocycles. The zero-order valence-corrected chi connectivity index (χ0v) is 12.4. The van der Waals surface area contributed by atoms with Gasteiger partial charge < -0.3 is 4.42 Å². The van der Waals surface area contributed by atoms with Crippen LogP contribution in [0.2, 0.25) is 0 Å². The molecule has 5 nitrogen and oxygen atoms in total. The number of para-hydroxylation sites is 1. The van der Waals surface area contributed by atoms with E-state index >= 15 is 0 Å². The Bertz CT molecular complexity index is 661. The maximum Gasteiger partial charge on any atom is 0.269 e. The van der Waals surface area contributed by atoms with Crippen molar-refractivity contribution in [3.05, 3.63) is 35.6 Å². The van der Waals surface area contributed by atoms with Gasteiger partial charge in [0.1, 0.15) is 11.3 Å². The van der Waals surface area contributed by atoms with Crippen molar-refractivity contribution in [3.63, 3.8) is 0 Å². The number of nitrogens with two attached hydrogens (primary N) is 1. The first kappa shape index (κ1) is 14.1. The van der Waals surface area contributed by atoms with Gasteiger partial charge in [-0.3, -0.25) is 15.1 Å². The van der Waals surface area contributed by atoms with E-state index in [4.69, 9.17) is 10.3 Å². The van der Waals surface area contributed by atoms with E-state index in [1.807, 2.05) is 24.3 Å². The summed E-state index contributed by atoms with van der Waals surface area (Å²) in [6, 6.07) is 8.04. The third kappa shape index (κ3) is 2.66. The first-order chi connectivity index (χ1) is 10.1. The number of nitrogen functional groups attached to an aromatic ring is 1. The van der Waals surface area contributed by atoms with Crippen molar-refractivity contribution in [2.45, 2.75) is 32.4 Å². The fourth-order valence-electron chi connectivity index (χ4n) is 2.84. The monoisotopic (exact) mass is 287 g/mol. The van der Waals surface area contributed by atoms with Gasteiger partial charge in [-0.15, -0.1) is 0 Å². The standard InChI is InChI=1S/C16H21N3O2/c1-10(11-7-8-11)19(2)9-14-15(16(20)18-17)12-5-3-4-6-13(12)21-14/h3-6,10-11H,7-9,17H2,1-2H3,(H,18,20). The van der Waals surface area contributed by atoms with Gasteiger partial charge in [0.15, 0.2) is 0 Å². The predicted octanol–water partition coefficient (Wildman–Crippen LogP) is 2.27. The van der Waals surface area contributed by atoms with Crippen molar-refractivity contribution < 1.29 is 9.21 Å². The summed E-state index contributed by atoms with van der Waals surface area (Å²) in [5, 5.41) is 0.808. The summed E-state index contributed by atoms with van der Waals surface area (Å²) < 4.78 is 5.89. The van der Waals surface area contributed by atoms with Crippen LogP contribution in [-0.4, -0.2) is 23.9 Å². The van der Waals surface area contributed by atoms with Crippen LogP contribution >= 0.6 is 0 Å². The minimum Gasteiger partial charge on any atom is -0.459 e. The topological polar surface area (TPSA) is 71.5 Å². The SMILES string of the molecule is CC(C1CC1)N(C)Cc1oc2ccccc2c1C(=O)NN. The number of hydrogen-bond acceptors (Lipinski definition) is 4. The predicted molar refractivity (Wildman–Crippen MR) is 81.5 cm³/mol. The molecule has 1 aliphatic rings. The Labute approximate surface area is 124 Å². The van der Waals surface area contributed by atoms with Crippen molar-refractivity contribution in [1.29, 1.82) is 0 Å². The van der Waals surface area contributed by atoms with Gasteiger partial charge >= 0.3 is 0 Å². The summed E-state index contributed by atoms with van der Waals surface area (Å²) >= 11 is 0. The second-order valence-corrected chi connectivity index (χ2v) is 5.86. The third-order valence-corrected chi connectivity index (χ3v) is 4.42. The van der Waals surface area contributed by atoms with Crippen molar-refractivity contribution in [2.24, 2.45) is 11.8 Å². The number of amides is 1. The van der Waals surface area contributed by atoms with Crippen molar-refractivity contribution in [1.82, 2.24) is 10.3 Å². The fourth-order valence-corrected chi connectivity index (χ4v) is 2.84. The molecule has 3 N–H and O–H groups in total. The Kier molecular flexibility index (Phi) is 3.69. The van der Waals surface area contributed by atoms with E-state index < -0.39 is 0 Å². The van der Waals surface area contributed by atoms with Crippen molar-refractivity contribution in [2.75, 3.05) is 7.05 Å². The minimum atomic E-state index is -0.303. The first-order valence-corrected chi connectivity index (χ1v) is 7.33. The summed E-state index contributed by atoms with van der Waals surface area (Å²) in [7, 11) is 2.07. The van der Waals surface area contributed by atoms with Gasteiger partial charge in [0.25, 0.3) is 5.91 Å². The van der Waals surface area contributed by atoms with E-state index in [-0.39, 0.29) is 5.91 Å². The summed E-state index contributed by atoms with van der Waals surface area (Å²) in [6.07, 6.45) is 2.59. The van der Waals surface area contributed by atoms with Gasteiger partial charge in [0.05, 0.1) is 12.1 Å². The van der Waals surface area contributed by atoms with Crippen LogP contribution in [0.15, 0.2) is 28.7 Å². The van der Waals surface area contributed by atoms with Gasteiger partial charge in [-0.05, 0) is 38.8 Å². The zero-order valence-electron chi connectivity index (χ0n) is 12.4. The van der Waals surface area contributed by atoms with Crippen LogP contribution in [0, 0.1) is 5.92 Å². The normalized spacial score (nSPS) is 16.4. The number of hydrogen-bond donors (Lipinski definition) is 2. The second kappa shape index (κ2) is 5.50. The molecule has 1 saturated carbocycles. The molecule has 1 atom stereocenters. The van der Waals surface area contributed by atoms with Crippen LogP contribution in [0.4, 0.5) is 0 Å². The molecule has 1 aliphatic carbocycles. The Hall–Kier alpha value is -1.85. The number of carbonyl (C=O) groups is 1. The highest BCUT2D eigenvalue weighted by Crippen LogP contribution is 2.35. The molecule has 1 fully saturated rings. The zero-order chi connectivity index (χ0) is 15.0. The van der Waals surface area contributed by atoms with E-state index in [9.17, 15) is 4.79 Å². The molecule has 21 heavy (non-hydrogen) atoms. The van der Waals surface area contributed by atoms with E-state index in [2.05, 4.69) is 24.3 Å². The number of furan rings is 1. The number of nitrogens with one attached hydrogen (secondary N) is 1. The van der Waals surface area contributed by atoms with Gasteiger partial charge in [0.2, 0.25) is 0 Å². The molecule has 0 aliphatic heterocycles. The first-order valence-electron chi connectivity index (χ1n) is 7.33. The Balaban J connectivity index is 1.94. The average molecular weight is 287 g/mol. The van der Waals surface area contributed by atoms with E-state index in [0.717, 1.165) is 16.9 Å². The Morgan fingerprint density at radius 1 is 1.48 bits per heavy atom. The smallest absolute Gasteiger partial charge is 0.269 e. The van der Waals surface area contributed by atoms with Gasteiger partial charge in [-0.25, -0.2) is 5.84 Å². The maximum absolute atomic E-state index is 12.1. The summed E-state index contributed by atoms with van der Waals surface area (Å²) in [4.78, 5) is 14.3. The lowest BCUT2D eigenvalue weighted by Gasteiger charge is -2.23. The quantitative estimate of drug-likeness (QED) is 0.503. The molecule has 0 bridgehead atoms. The number of nitrogens with zero attached hydrogens (tertiary/aromatic N) is 1. The Morgan fingerprint density at radius 2 is 2.19 bits per heavy atom. The lowest BCUT2D eigenvalue weighted by molar-refractivity contribution is 0.0950. The van der Waals surface area contributed by atoms with Gasteiger partial charge in [0, 0.05) is 11.4 Å². The van der Waals surface area contributed by atoms with Crippen LogP contribution in [0.5, 0.6) is 0 Å². The highest BCUT2D eigenvalue weighted by Gasteiger charge is 2.31. The van der Waals surface area contributed by atoms with E-state index in [0.29, 0.717) is 23.9 Å². The van der Waals surface area contributed by atoms with Crippen LogP contribution in [0.25, 0.3) is 11.0 Å². The highest BCUT2D eigenvalue weighted by atomic mass is 16.3. The van der Waals surface area contributed by atoms with Crippen LogP contribution < -0.4 is 11.3 Å². The molecule has 1 heterocycles. The van der Waals surface area contributed by atoms with Crippen LogP contribution in [0.3, 0.4) is 0 Å². The molecule has 0 saturated heterocycles. The lowest BCUT2D eigenvalue weighted by atomic mass is 10.1. The van der Waals surface area contributed by atoms with E-state index in [1.165, 1.54) is 12.8 Å². The lowest BCUT2D eigenvalue weighted by Crippen LogP contribution is -2.33. The average Bonchev–Trinajstić information content (AvgIpc) is 3.27. The highest BCUT2D eigenvalue weighted by molar-refractivity contribution is 6.07. The Morgan fingerprint density at radius 3 is 2.86 bits per heavy atom. The van der Waals surface area contributed by atoms with Crippen LogP contribution in [-0.2, 0) is 6.54 Å². The molecule has 0 spiro atoms. The van der Waals surface area contributed by atoms with E-state index in [1.54, 1.807) is 0 Å². The molecular weight excluding hydrogens is 266 g/mol. The molecule has 0 radical (unpaired) electrons. The minimum absolute atomic E-state index is 0.303. The summed E-state index contributed by atoms with van der Waals surface area (Å²) in [6.45, 7) is 2.83. The van der Waals surface area contributed by atoms with Crippen LogP contribution in [0.1, 0.15) is 35.9 Å². The number of hydrazine groups is 1. The van der Waals surface area contributed by atoms with Crippen molar-refractivity contribution in [3.8, 4) is 0 Å². The molecule has 112 valence electrons. The molecule has 5 heteroatoms. The third-order valence-electron chi connectivity index (χ3n) is 4.42.